The fourth-order valence-electron chi connectivity index (χ4n) is 2.39. The Labute approximate surface area is 110 Å². The van der Waals surface area contributed by atoms with Crippen molar-refractivity contribution in [3.8, 4) is 0 Å². The minimum atomic E-state index is -4.37. The molecule has 1 amide bonds. The number of rotatable bonds is 4. The van der Waals surface area contributed by atoms with Crippen molar-refractivity contribution in [1.82, 2.24) is 0 Å². The highest BCUT2D eigenvalue weighted by atomic mass is 19.4. The van der Waals surface area contributed by atoms with Gasteiger partial charge in [-0.3, -0.25) is 4.79 Å². The van der Waals surface area contributed by atoms with Crippen molar-refractivity contribution in [2.45, 2.75) is 44.7 Å². The highest BCUT2D eigenvalue weighted by molar-refractivity contribution is 6.02. The highest BCUT2D eigenvalue weighted by Crippen LogP contribution is 2.39. The van der Waals surface area contributed by atoms with Crippen LogP contribution in [0.1, 0.15) is 49.7 Å². The highest BCUT2D eigenvalue weighted by Gasteiger charge is 2.35. The molecule has 104 valence electrons. The van der Waals surface area contributed by atoms with Crippen LogP contribution >= 0.6 is 0 Å². The van der Waals surface area contributed by atoms with Crippen LogP contribution in [-0.2, 0) is 11.0 Å². The number of fused-ring (bicyclic) bond motifs is 1. The van der Waals surface area contributed by atoms with Gasteiger partial charge in [0.15, 0.2) is 0 Å². The number of benzene rings is 1. The van der Waals surface area contributed by atoms with Crippen LogP contribution < -0.4 is 5.32 Å². The first-order valence-corrected chi connectivity index (χ1v) is 6.45. The Bertz CT molecular complexity index is 482. The number of nitrogens with one attached hydrogen (secondary N) is 1. The molecule has 1 aromatic carbocycles. The Kier molecular flexibility index (Phi) is 3.83. The molecule has 0 saturated carbocycles. The van der Waals surface area contributed by atoms with E-state index in [0.29, 0.717) is 17.7 Å². The van der Waals surface area contributed by atoms with Crippen LogP contribution in [-0.4, -0.2) is 5.91 Å². The number of carbonyl (C=O) groups excluding carboxylic acids is 1. The van der Waals surface area contributed by atoms with Crippen LogP contribution in [0.4, 0.5) is 18.9 Å². The lowest BCUT2D eigenvalue weighted by Gasteiger charge is -2.11. The van der Waals surface area contributed by atoms with Crippen molar-refractivity contribution in [2.24, 2.45) is 0 Å². The Hall–Kier alpha value is -1.52. The quantitative estimate of drug-likeness (QED) is 0.812. The third kappa shape index (κ3) is 2.91. The second kappa shape index (κ2) is 5.23. The summed E-state index contributed by atoms with van der Waals surface area (Å²) in [4.78, 5) is 11.8. The molecule has 1 aromatic rings. The van der Waals surface area contributed by atoms with E-state index in [1.165, 1.54) is 6.07 Å². The van der Waals surface area contributed by atoms with Crippen LogP contribution in [0.25, 0.3) is 0 Å². The maximum Gasteiger partial charge on any atom is 0.416 e. The van der Waals surface area contributed by atoms with E-state index in [-0.39, 0.29) is 5.91 Å². The summed E-state index contributed by atoms with van der Waals surface area (Å²) in [6.07, 6.45) is -0.908. The van der Waals surface area contributed by atoms with Gasteiger partial charge >= 0.3 is 6.18 Å². The summed E-state index contributed by atoms with van der Waals surface area (Å²) in [6.45, 7) is 2.05. The molecule has 0 aliphatic carbocycles. The van der Waals surface area contributed by atoms with E-state index in [9.17, 15) is 18.0 Å². The maximum atomic E-state index is 12.7. The average Bonchev–Trinajstić information content (AvgIpc) is 2.64. The van der Waals surface area contributed by atoms with Gasteiger partial charge < -0.3 is 5.32 Å². The van der Waals surface area contributed by atoms with Crippen molar-refractivity contribution < 1.29 is 18.0 Å². The third-order valence-corrected chi connectivity index (χ3v) is 3.43. The van der Waals surface area contributed by atoms with Crippen molar-refractivity contribution in [3.63, 3.8) is 0 Å². The molecule has 1 heterocycles. The molecule has 1 aliphatic rings. The van der Waals surface area contributed by atoms with Gasteiger partial charge in [0.2, 0.25) is 5.91 Å². The molecule has 19 heavy (non-hydrogen) atoms. The maximum absolute atomic E-state index is 12.7. The molecule has 0 fully saturated rings. The normalized spacial score (nSPS) is 18.3. The van der Waals surface area contributed by atoms with E-state index in [4.69, 9.17) is 0 Å². The minimum Gasteiger partial charge on any atom is -0.325 e. The van der Waals surface area contributed by atoms with Crippen molar-refractivity contribution in [2.75, 3.05) is 5.32 Å². The van der Waals surface area contributed by atoms with E-state index in [2.05, 4.69) is 5.32 Å². The number of alkyl halides is 3. The molecule has 0 spiro atoms. The van der Waals surface area contributed by atoms with Crippen LogP contribution in [0.2, 0.25) is 0 Å². The van der Waals surface area contributed by atoms with Crippen LogP contribution in [0, 0.1) is 0 Å². The average molecular weight is 271 g/mol. The lowest BCUT2D eigenvalue weighted by Crippen LogP contribution is -2.12. The predicted octanol–water partition coefficient (Wildman–Crippen LogP) is 4.32. The predicted molar refractivity (Wildman–Crippen MR) is 67.0 cm³/mol. The van der Waals surface area contributed by atoms with Gasteiger partial charge in [0.1, 0.15) is 0 Å². The molecule has 1 atom stereocenters. The fraction of sp³-hybridized carbons (Fsp3) is 0.500. The summed E-state index contributed by atoms with van der Waals surface area (Å²) in [5, 5.41) is 2.65. The van der Waals surface area contributed by atoms with Crippen LogP contribution in [0.3, 0.4) is 0 Å². The van der Waals surface area contributed by atoms with Gasteiger partial charge in [0, 0.05) is 5.69 Å². The van der Waals surface area contributed by atoms with Crippen molar-refractivity contribution >= 4 is 11.6 Å². The summed E-state index contributed by atoms with van der Waals surface area (Å²) in [6, 6.07) is 3.45. The van der Waals surface area contributed by atoms with Gasteiger partial charge in [-0.15, -0.1) is 0 Å². The summed E-state index contributed by atoms with van der Waals surface area (Å²) < 4.78 is 38.0. The monoisotopic (exact) mass is 271 g/mol. The lowest BCUT2D eigenvalue weighted by molar-refractivity contribution is -0.137. The Morgan fingerprint density at radius 2 is 2.00 bits per heavy atom. The number of anilines is 1. The summed E-state index contributed by atoms with van der Waals surface area (Å²) in [5.74, 6) is -0.630. The molecule has 0 saturated heterocycles. The summed E-state index contributed by atoms with van der Waals surface area (Å²) >= 11 is 0. The van der Waals surface area contributed by atoms with E-state index in [0.717, 1.165) is 31.4 Å². The molecular formula is C14H16F3NO. The molecule has 2 rings (SSSR count). The first-order valence-electron chi connectivity index (χ1n) is 6.45. The van der Waals surface area contributed by atoms with Crippen LogP contribution in [0.15, 0.2) is 18.2 Å². The Balaban J connectivity index is 2.24. The third-order valence-electron chi connectivity index (χ3n) is 3.43. The standard InChI is InChI=1S/C14H16F3NO/c1-2-3-4-5-10-11-8-9(14(15,16)17)6-7-12(11)18-13(10)19/h6-8,10H,2-5H2,1H3,(H,18,19). The fourth-order valence-corrected chi connectivity index (χ4v) is 2.39. The molecule has 0 aromatic heterocycles. The number of carbonyl (C=O) groups is 1. The summed E-state index contributed by atoms with van der Waals surface area (Å²) in [5.41, 5.74) is 0.304. The summed E-state index contributed by atoms with van der Waals surface area (Å²) in [7, 11) is 0. The largest absolute Gasteiger partial charge is 0.416 e. The first kappa shape index (κ1) is 13.9. The zero-order valence-corrected chi connectivity index (χ0v) is 10.7. The smallest absolute Gasteiger partial charge is 0.325 e. The van der Waals surface area contributed by atoms with Gasteiger partial charge in [-0.05, 0) is 30.2 Å². The van der Waals surface area contributed by atoms with Gasteiger partial charge in [-0.2, -0.15) is 13.2 Å². The van der Waals surface area contributed by atoms with Gasteiger partial charge in [-0.1, -0.05) is 26.2 Å². The Morgan fingerprint density at radius 3 is 2.63 bits per heavy atom. The Morgan fingerprint density at radius 1 is 1.26 bits per heavy atom. The van der Waals surface area contributed by atoms with Gasteiger partial charge in [0.25, 0.3) is 0 Å². The zero-order valence-electron chi connectivity index (χ0n) is 10.7. The van der Waals surface area contributed by atoms with E-state index in [1.807, 2.05) is 6.92 Å². The van der Waals surface area contributed by atoms with Gasteiger partial charge in [-0.25, -0.2) is 0 Å². The van der Waals surface area contributed by atoms with E-state index >= 15 is 0 Å². The minimum absolute atomic E-state index is 0.189. The number of hydrogen-bond acceptors (Lipinski definition) is 1. The van der Waals surface area contributed by atoms with Crippen molar-refractivity contribution in [3.05, 3.63) is 29.3 Å². The topological polar surface area (TPSA) is 29.1 Å². The van der Waals surface area contributed by atoms with E-state index < -0.39 is 17.7 Å². The molecule has 0 radical (unpaired) electrons. The second-order valence-corrected chi connectivity index (χ2v) is 4.84. The second-order valence-electron chi connectivity index (χ2n) is 4.84. The molecule has 2 nitrogen and oxygen atoms in total. The molecule has 0 bridgehead atoms. The number of unbranched alkanes of at least 4 members (excludes halogenated alkanes) is 2. The van der Waals surface area contributed by atoms with Crippen LogP contribution in [0.5, 0.6) is 0 Å². The first-order chi connectivity index (χ1) is 8.93. The number of halogens is 3. The molecule has 1 N–H and O–H groups in total. The zero-order chi connectivity index (χ0) is 14.0. The molecule has 1 unspecified atom stereocenters. The lowest BCUT2D eigenvalue weighted by atomic mass is 9.93. The number of hydrogen-bond donors (Lipinski definition) is 1. The molecular weight excluding hydrogens is 255 g/mol. The van der Waals surface area contributed by atoms with Crippen molar-refractivity contribution in [1.29, 1.82) is 0 Å². The molecule has 1 aliphatic heterocycles. The SMILES string of the molecule is CCCCCC1C(=O)Nc2ccc(C(F)(F)F)cc21. The number of amides is 1. The van der Waals surface area contributed by atoms with E-state index in [1.54, 1.807) is 0 Å². The molecule has 5 heteroatoms. The van der Waals surface area contributed by atoms with Gasteiger partial charge in [0.05, 0.1) is 11.5 Å².